The fourth-order valence-electron chi connectivity index (χ4n) is 2.06. The lowest BCUT2D eigenvalue weighted by molar-refractivity contribution is -0.119. The summed E-state index contributed by atoms with van der Waals surface area (Å²) in [5.41, 5.74) is 7.84. The molecular formula is C13H16N2OS. The highest BCUT2D eigenvalue weighted by atomic mass is 32.1. The largest absolute Gasteiger partial charge is 0.393 e. The maximum Gasteiger partial charge on any atom is 0.227 e. The quantitative estimate of drug-likeness (QED) is 0.831. The number of para-hydroxylation sites is 1. The van der Waals surface area contributed by atoms with E-state index >= 15 is 0 Å². The number of aryl methyl sites for hydroxylation is 1. The monoisotopic (exact) mass is 248 g/mol. The first-order chi connectivity index (χ1) is 8.09. The van der Waals surface area contributed by atoms with Gasteiger partial charge in [-0.1, -0.05) is 37.3 Å². The van der Waals surface area contributed by atoms with Crippen LogP contribution in [0.4, 0.5) is 5.69 Å². The highest BCUT2D eigenvalue weighted by Gasteiger charge is 2.25. The Kier molecular flexibility index (Phi) is 3.43. The van der Waals surface area contributed by atoms with Crippen LogP contribution in [0.3, 0.4) is 0 Å². The highest BCUT2D eigenvalue weighted by molar-refractivity contribution is 7.80. The fourth-order valence-corrected chi connectivity index (χ4v) is 2.13. The second-order valence-electron chi connectivity index (χ2n) is 4.44. The third-order valence-corrected chi connectivity index (χ3v) is 3.54. The summed E-state index contributed by atoms with van der Waals surface area (Å²) in [6, 6.07) is 8.01. The summed E-state index contributed by atoms with van der Waals surface area (Å²) in [7, 11) is 0. The van der Waals surface area contributed by atoms with Gasteiger partial charge in [-0.15, -0.1) is 0 Å². The van der Waals surface area contributed by atoms with Crippen molar-refractivity contribution in [3.63, 3.8) is 0 Å². The topological polar surface area (TPSA) is 46.3 Å². The van der Waals surface area contributed by atoms with Crippen molar-refractivity contribution in [2.75, 3.05) is 11.4 Å². The number of carbonyl (C=O) groups is 1. The Hall–Kier alpha value is -1.42. The molecular weight excluding hydrogens is 232 g/mol. The van der Waals surface area contributed by atoms with Gasteiger partial charge in [-0.25, -0.2) is 0 Å². The summed E-state index contributed by atoms with van der Waals surface area (Å²) in [6.45, 7) is 2.53. The molecule has 1 aromatic rings. The number of carbonyl (C=O) groups excluding carboxylic acids is 1. The first-order valence-corrected chi connectivity index (χ1v) is 6.18. The predicted octanol–water partition coefficient (Wildman–Crippen LogP) is 1.89. The fraction of sp³-hybridized carbons (Fsp3) is 0.385. The smallest absolute Gasteiger partial charge is 0.227 e. The van der Waals surface area contributed by atoms with Crippen molar-refractivity contribution in [3.8, 4) is 0 Å². The molecule has 0 radical (unpaired) electrons. The minimum atomic E-state index is 0.0418. The maximum absolute atomic E-state index is 12.0. The van der Waals surface area contributed by atoms with E-state index in [0.717, 1.165) is 12.1 Å². The molecule has 17 heavy (non-hydrogen) atoms. The number of fused-ring (bicyclic) bond motifs is 1. The highest BCUT2D eigenvalue weighted by Crippen LogP contribution is 2.28. The van der Waals surface area contributed by atoms with Crippen molar-refractivity contribution < 1.29 is 4.79 Å². The molecule has 1 atom stereocenters. The number of benzene rings is 1. The average Bonchev–Trinajstić information content (AvgIpc) is 2.32. The number of nitrogens with zero attached hydrogens (tertiary/aromatic N) is 1. The van der Waals surface area contributed by atoms with Crippen LogP contribution in [-0.2, 0) is 11.2 Å². The van der Waals surface area contributed by atoms with Crippen LogP contribution in [0.25, 0.3) is 0 Å². The predicted molar refractivity (Wildman–Crippen MR) is 73.1 cm³/mol. The third-order valence-electron chi connectivity index (χ3n) is 3.13. The molecule has 1 heterocycles. The first kappa shape index (κ1) is 12.0. The van der Waals surface area contributed by atoms with Gasteiger partial charge in [0.05, 0.1) is 4.99 Å². The van der Waals surface area contributed by atoms with Crippen molar-refractivity contribution in [3.05, 3.63) is 29.8 Å². The SMILES string of the molecule is CC(CN1C(=O)CCc2ccccc21)C(N)=S. The molecule has 90 valence electrons. The van der Waals surface area contributed by atoms with E-state index < -0.39 is 0 Å². The van der Waals surface area contributed by atoms with Crippen LogP contribution in [-0.4, -0.2) is 17.4 Å². The summed E-state index contributed by atoms with van der Waals surface area (Å²) >= 11 is 4.96. The molecule has 0 fully saturated rings. The zero-order valence-electron chi connectivity index (χ0n) is 9.85. The Morgan fingerprint density at radius 1 is 1.47 bits per heavy atom. The van der Waals surface area contributed by atoms with Crippen LogP contribution in [0.5, 0.6) is 0 Å². The molecule has 1 amide bonds. The van der Waals surface area contributed by atoms with Crippen molar-refractivity contribution in [1.29, 1.82) is 0 Å². The molecule has 1 aliphatic heterocycles. The van der Waals surface area contributed by atoms with Crippen molar-refractivity contribution in [2.45, 2.75) is 19.8 Å². The molecule has 0 spiro atoms. The van der Waals surface area contributed by atoms with E-state index in [1.165, 1.54) is 5.56 Å². The Labute approximate surface area is 107 Å². The Bertz CT molecular complexity index is 458. The summed E-state index contributed by atoms with van der Waals surface area (Å²) in [4.78, 5) is 14.2. The molecule has 1 aromatic carbocycles. The zero-order chi connectivity index (χ0) is 12.4. The molecule has 0 bridgehead atoms. The van der Waals surface area contributed by atoms with Gasteiger partial charge in [-0.3, -0.25) is 4.79 Å². The summed E-state index contributed by atoms with van der Waals surface area (Å²) < 4.78 is 0. The van der Waals surface area contributed by atoms with Crippen LogP contribution < -0.4 is 10.6 Å². The Morgan fingerprint density at radius 3 is 2.88 bits per heavy atom. The lowest BCUT2D eigenvalue weighted by atomic mass is 10.00. The second-order valence-corrected chi connectivity index (χ2v) is 4.91. The van der Waals surface area contributed by atoms with E-state index in [2.05, 4.69) is 6.07 Å². The van der Waals surface area contributed by atoms with Crippen LogP contribution in [0, 0.1) is 5.92 Å². The molecule has 4 heteroatoms. The number of hydrogen-bond donors (Lipinski definition) is 1. The number of hydrogen-bond acceptors (Lipinski definition) is 2. The zero-order valence-corrected chi connectivity index (χ0v) is 10.7. The Morgan fingerprint density at radius 2 is 2.18 bits per heavy atom. The van der Waals surface area contributed by atoms with E-state index in [4.69, 9.17) is 18.0 Å². The van der Waals surface area contributed by atoms with Crippen LogP contribution in [0.1, 0.15) is 18.9 Å². The molecule has 1 aliphatic rings. The average molecular weight is 248 g/mol. The second kappa shape index (κ2) is 4.84. The van der Waals surface area contributed by atoms with E-state index in [9.17, 15) is 4.79 Å². The molecule has 0 aromatic heterocycles. The normalized spacial score (nSPS) is 16.5. The van der Waals surface area contributed by atoms with Gasteiger partial charge in [0.25, 0.3) is 0 Å². The molecule has 3 nitrogen and oxygen atoms in total. The van der Waals surface area contributed by atoms with E-state index in [0.29, 0.717) is 18.0 Å². The van der Waals surface area contributed by atoms with Gasteiger partial charge in [0, 0.05) is 24.6 Å². The third kappa shape index (κ3) is 2.47. The minimum Gasteiger partial charge on any atom is -0.393 e. The van der Waals surface area contributed by atoms with Crippen LogP contribution >= 0.6 is 12.2 Å². The van der Waals surface area contributed by atoms with Gasteiger partial charge in [0.1, 0.15) is 0 Å². The number of amides is 1. The van der Waals surface area contributed by atoms with Gasteiger partial charge >= 0.3 is 0 Å². The van der Waals surface area contributed by atoms with E-state index in [1.54, 1.807) is 0 Å². The van der Waals surface area contributed by atoms with E-state index in [-0.39, 0.29) is 11.8 Å². The summed E-state index contributed by atoms with van der Waals surface area (Å²) in [5, 5.41) is 0. The van der Waals surface area contributed by atoms with Crippen LogP contribution in [0.15, 0.2) is 24.3 Å². The van der Waals surface area contributed by atoms with Crippen molar-refractivity contribution in [2.24, 2.45) is 11.7 Å². The minimum absolute atomic E-state index is 0.0418. The molecule has 0 aliphatic carbocycles. The standard InChI is InChI=1S/C13H16N2OS/c1-9(13(14)17)8-15-11-5-3-2-4-10(11)6-7-12(15)16/h2-5,9H,6-8H2,1H3,(H2,14,17). The van der Waals surface area contributed by atoms with Gasteiger partial charge in [0.15, 0.2) is 0 Å². The molecule has 2 N–H and O–H groups in total. The summed E-state index contributed by atoms with van der Waals surface area (Å²) in [5.74, 6) is 0.201. The number of nitrogens with two attached hydrogens (primary N) is 1. The van der Waals surface area contributed by atoms with Crippen LogP contribution in [0.2, 0.25) is 0 Å². The lowest BCUT2D eigenvalue weighted by Gasteiger charge is -2.31. The molecule has 0 saturated carbocycles. The lowest BCUT2D eigenvalue weighted by Crippen LogP contribution is -2.40. The number of rotatable bonds is 3. The summed E-state index contributed by atoms with van der Waals surface area (Å²) in [6.07, 6.45) is 1.40. The van der Waals surface area contributed by atoms with Gasteiger partial charge in [-0.2, -0.15) is 0 Å². The van der Waals surface area contributed by atoms with Gasteiger partial charge in [0.2, 0.25) is 5.91 Å². The molecule has 1 unspecified atom stereocenters. The number of thiocarbonyl (C=S) groups is 1. The Balaban J connectivity index is 2.27. The molecule has 2 rings (SSSR count). The van der Waals surface area contributed by atoms with Crippen molar-refractivity contribution in [1.82, 2.24) is 0 Å². The number of anilines is 1. The first-order valence-electron chi connectivity index (χ1n) is 5.77. The maximum atomic E-state index is 12.0. The van der Waals surface area contributed by atoms with E-state index in [1.807, 2.05) is 30.0 Å². The van der Waals surface area contributed by atoms with Gasteiger partial charge in [-0.05, 0) is 18.1 Å². The van der Waals surface area contributed by atoms with Crippen molar-refractivity contribution >= 4 is 28.8 Å². The molecule has 0 saturated heterocycles. The van der Waals surface area contributed by atoms with Gasteiger partial charge < -0.3 is 10.6 Å².